The van der Waals surface area contributed by atoms with E-state index in [1.54, 1.807) is 6.08 Å². The molecule has 0 aromatic heterocycles. The molecule has 63 heavy (non-hydrogen) atoms. The number of nitrogens with one attached hydrogen (secondary N) is 1. The molecule has 7 atom stereocenters. The van der Waals surface area contributed by atoms with Crippen LogP contribution in [0, 0.1) is 0 Å². The molecule has 9 nitrogen and oxygen atoms in total. The molecule has 1 aliphatic heterocycles. The van der Waals surface area contributed by atoms with Crippen LogP contribution >= 0.6 is 0 Å². The fraction of sp³-hybridized carbons (Fsp3) is 0.870. The van der Waals surface area contributed by atoms with E-state index in [4.69, 9.17) is 9.47 Å². The second-order valence-corrected chi connectivity index (χ2v) is 18.7. The fourth-order valence-corrected chi connectivity index (χ4v) is 8.42. The molecular weight excluding hydrogens is 791 g/mol. The van der Waals surface area contributed by atoms with Crippen LogP contribution in [0.3, 0.4) is 0 Å². The standard InChI is InChI=1S/C54H101NO8/c1-3-5-7-9-11-13-15-17-18-19-20-21-22-23-24-25-26-27-28-29-30-32-34-36-38-40-42-44-50(58)55-47(46-62-54-53(61)52(60)51(59)49(45-56)63-54)48(57)43-41-39-37-35-33-31-16-14-12-10-8-6-4-2/h12,14,33,35,41,43,47-49,51-54,56-57,59-61H,3-11,13,15-32,34,36-40,42,44-46H2,1-2H3,(H,55,58)/b14-12+,35-33+,43-41+. The van der Waals surface area contributed by atoms with E-state index in [0.717, 1.165) is 51.4 Å². The minimum absolute atomic E-state index is 0.188. The first-order valence-electron chi connectivity index (χ1n) is 26.7. The SMILES string of the molecule is CCCCC/C=C/CC/C=C/CC/C=C/C(O)C(COC1OC(CO)C(O)C(O)C1O)NC(=O)CCCCCCCCCCCCCCCCCCCCCCCCCCCCC. The average Bonchev–Trinajstić information content (AvgIpc) is 3.28. The summed E-state index contributed by atoms with van der Waals surface area (Å²) in [4.78, 5) is 13.0. The lowest BCUT2D eigenvalue weighted by Gasteiger charge is -2.40. The smallest absolute Gasteiger partial charge is 0.220 e. The van der Waals surface area contributed by atoms with Crippen LogP contribution in [0.4, 0.5) is 0 Å². The lowest BCUT2D eigenvalue weighted by atomic mass is 9.99. The summed E-state index contributed by atoms with van der Waals surface area (Å²) in [6, 6.07) is -0.824. The van der Waals surface area contributed by atoms with Crippen molar-refractivity contribution in [3.63, 3.8) is 0 Å². The van der Waals surface area contributed by atoms with Crippen LogP contribution in [-0.2, 0) is 14.3 Å². The minimum atomic E-state index is -1.57. The monoisotopic (exact) mass is 892 g/mol. The highest BCUT2D eigenvalue weighted by Gasteiger charge is 2.44. The fourth-order valence-electron chi connectivity index (χ4n) is 8.42. The van der Waals surface area contributed by atoms with E-state index in [-0.39, 0.29) is 12.5 Å². The third-order valence-corrected chi connectivity index (χ3v) is 12.7. The summed E-state index contributed by atoms with van der Waals surface area (Å²) in [6.45, 7) is 3.74. The molecule has 6 N–H and O–H groups in total. The predicted molar refractivity (Wildman–Crippen MR) is 263 cm³/mol. The topological polar surface area (TPSA) is 149 Å². The van der Waals surface area contributed by atoms with Gasteiger partial charge in [-0.3, -0.25) is 4.79 Å². The molecule has 1 rings (SSSR count). The number of hydrogen-bond acceptors (Lipinski definition) is 8. The molecule has 9 heteroatoms. The maximum absolute atomic E-state index is 13.0. The van der Waals surface area contributed by atoms with Crippen LogP contribution in [-0.4, -0.2) is 87.5 Å². The van der Waals surface area contributed by atoms with Gasteiger partial charge >= 0.3 is 0 Å². The molecule has 1 heterocycles. The van der Waals surface area contributed by atoms with Gasteiger partial charge in [0.25, 0.3) is 0 Å². The van der Waals surface area contributed by atoms with E-state index in [0.29, 0.717) is 6.42 Å². The third kappa shape index (κ3) is 34.4. The van der Waals surface area contributed by atoms with Gasteiger partial charge in [-0.1, -0.05) is 230 Å². The van der Waals surface area contributed by atoms with Crippen LogP contribution in [0.2, 0.25) is 0 Å². The highest BCUT2D eigenvalue weighted by molar-refractivity contribution is 5.76. The van der Waals surface area contributed by atoms with E-state index >= 15 is 0 Å². The highest BCUT2D eigenvalue weighted by Crippen LogP contribution is 2.23. The second kappa shape index (κ2) is 44.3. The van der Waals surface area contributed by atoms with Crippen LogP contribution in [0.25, 0.3) is 0 Å². The quantitative estimate of drug-likeness (QED) is 0.0261. The molecule has 1 aliphatic rings. The summed E-state index contributed by atoms with van der Waals surface area (Å²) >= 11 is 0. The highest BCUT2D eigenvalue weighted by atomic mass is 16.7. The Labute approximate surface area is 387 Å². The number of carbonyl (C=O) groups is 1. The normalized spacial score (nSPS) is 20.4. The van der Waals surface area contributed by atoms with Gasteiger partial charge in [-0.05, 0) is 44.9 Å². The lowest BCUT2D eigenvalue weighted by molar-refractivity contribution is -0.302. The Bertz CT molecular complexity index is 1080. The van der Waals surface area contributed by atoms with Gasteiger partial charge < -0.3 is 40.3 Å². The zero-order chi connectivity index (χ0) is 45.9. The van der Waals surface area contributed by atoms with E-state index < -0.39 is 49.5 Å². The van der Waals surface area contributed by atoms with E-state index in [9.17, 15) is 30.3 Å². The molecule has 0 radical (unpaired) electrons. The molecule has 0 saturated carbocycles. The summed E-state index contributed by atoms with van der Waals surface area (Å²) in [6.07, 6.45) is 49.3. The molecule has 0 bridgehead atoms. The van der Waals surface area contributed by atoms with Gasteiger partial charge in [0.15, 0.2) is 6.29 Å². The summed E-state index contributed by atoms with van der Waals surface area (Å²) < 4.78 is 11.2. The summed E-state index contributed by atoms with van der Waals surface area (Å²) in [5.41, 5.74) is 0. The van der Waals surface area contributed by atoms with Gasteiger partial charge in [-0.25, -0.2) is 0 Å². The average molecular weight is 892 g/mol. The number of unbranched alkanes of at least 4 members (excludes halogenated alkanes) is 31. The van der Waals surface area contributed by atoms with Crippen LogP contribution in [0.1, 0.15) is 245 Å². The molecule has 7 unspecified atom stereocenters. The Balaban J connectivity index is 2.19. The maximum atomic E-state index is 13.0. The van der Waals surface area contributed by atoms with Crippen molar-refractivity contribution in [3.05, 3.63) is 36.5 Å². The number of aliphatic hydroxyl groups excluding tert-OH is 5. The summed E-state index contributed by atoms with van der Waals surface area (Å²) in [5, 5.41) is 54.2. The van der Waals surface area contributed by atoms with Crippen molar-refractivity contribution in [3.8, 4) is 0 Å². The van der Waals surface area contributed by atoms with E-state index in [2.05, 4.69) is 43.5 Å². The van der Waals surface area contributed by atoms with Crippen molar-refractivity contribution < 1.29 is 39.8 Å². The van der Waals surface area contributed by atoms with Crippen molar-refractivity contribution in [2.24, 2.45) is 0 Å². The van der Waals surface area contributed by atoms with Crippen molar-refractivity contribution in [2.45, 2.75) is 288 Å². The van der Waals surface area contributed by atoms with Gasteiger partial charge in [-0.2, -0.15) is 0 Å². The van der Waals surface area contributed by atoms with Gasteiger partial charge in [0.1, 0.15) is 24.4 Å². The first-order valence-corrected chi connectivity index (χ1v) is 26.7. The molecule has 1 fully saturated rings. The number of allylic oxidation sites excluding steroid dienone is 5. The van der Waals surface area contributed by atoms with Gasteiger partial charge in [0.05, 0.1) is 25.4 Å². The predicted octanol–water partition coefficient (Wildman–Crippen LogP) is 12.4. The largest absolute Gasteiger partial charge is 0.394 e. The Kier molecular flexibility index (Phi) is 41.7. The van der Waals surface area contributed by atoms with Crippen molar-refractivity contribution in [1.29, 1.82) is 0 Å². The Morgan fingerprint density at radius 1 is 0.524 bits per heavy atom. The first kappa shape index (κ1) is 59.4. The Hall–Kier alpha value is -1.59. The number of rotatable bonds is 45. The number of carbonyl (C=O) groups excluding carboxylic acids is 1. The summed E-state index contributed by atoms with van der Waals surface area (Å²) in [5.74, 6) is -0.188. The molecule has 370 valence electrons. The zero-order valence-corrected chi connectivity index (χ0v) is 40.8. The molecule has 0 aromatic carbocycles. The molecule has 1 saturated heterocycles. The van der Waals surface area contributed by atoms with E-state index in [1.165, 1.54) is 173 Å². The van der Waals surface area contributed by atoms with Crippen LogP contribution in [0.15, 0.2) is 36.5 Å². The number of aliphatic hydroxyl groups is 5. The van der Waals surface area contributed by atoms with Crippen molar-refractivity contribution >= 4 is 5.91 Å². The van der Waals surface area contributed by atoms with Gasteiger partial charge in [0, 0.05) is 6.42 Å². The molecule has 1 amide bonds. The van der Waals surface area contributed by atoms with Gasteiger partial charge in [-0.15, -0.1) is 0 Å². The van der Waals surface area contributed by atoms with Crippen LogP contribution < -0.4 is 5.32 Å². The van der Waals surface area contributed by atoms with Crippen molar-refractivity contribution in [1.82, 2.24) is 5.32 Å². The van der Waals surface area contributed by atoms with Crippen LogP contribution in [0.5, 0.6) is 0 Å². The molecule has 0 aliphatic carbocycles. The number of ether oxygens (including phenoxy) is 2. The second-order valence-electron chi connectivity index (χ2n) is 18.7. The molecular formula is C54H101NO8. The number of hydrogen-bond donors (Lipinski definition) is 6. The van der Waals surface area contributed by atoms with E-state index in [1.807, 2.05) is 6.08 Å². The minimum Gasteiger partial charge on any atom is -0.394 e. The number of amides is 1. The maximum Gasteiger partial charge on any atom is 0.220 e. The Morgan fingerprint density at radius 2 is 0.905 bits per heavy atom. The summed E-state index contributed by atoms with van der Waals surface area (Å²) in [7, 11) is 0. The molecule has 0 spiro atoms. The first-order chi connectivity index (χ1) is 30.8. The van der Waals surface area contributed by atoms with Gasteiger partial charge in [0.2, 0.25) is 5.91 Å². The van der Waals surface area contributed by atoms with Crippen molar-refractivity contribution in [2.75, 3.05) is 13.2 Å². The molecule has 0 aromatic rings. The Morgan fingerprint density at radius 3 is 1.33 bits per heavy atom. The lowest BCUT2D eigenvalue weighted by Crippen LogP contribution is -2.60. The third-order valence-electron chi connectivity index (χ3n) is 12.7. The zero-order valence-electron chi connectivity index (χ0n) is 40.8.